The predicted molar refractivity (Wildman–Crippen MR) is 200 cm³/mol. The lowest BCUT2D eigenvalue weighted by Gasteiger charge is -2.17. The van der Waals surface area contributed by atoms with Crippen molar-refractivity contribution in [2.24, 2.45) is 0 Å². The second kappa shape index (κ2) is 15.1. The van der Waals surface area contributed by atoms with Crippen molar-refractivity contribution in [1.29, 1.82) is 0 Å². The molecule has 282 valence electrons. The SMILES string of the molecule is CCN1CC[C@@H]2Nc3ccc(S(=O)(=O)c4ccc(F)c(F)c4)cc3[C@H]2CC1.CCN1CC[C@@H]2Nc3ccc(S(=O)(=O)c4cccc(F)c4)cc3[C@H]2CC1. The summed E-state index contributed by atoms with van der Waals surface area (Å²) in [7, 11) is -7.63. The Labute approximate surface area is 310 Å². The van der Waals surface area contributed by atoms with Crippen LogP contribution in [0.1, 0.15) is 62.5 Å². The van der Waals surface area contributed by atoms with Crippen LogP contribution in [0.2, 0.25) is 0 Å². The number of benzene rings is 4. The second-order valence-electron chi connectivity index (χ2n) is 14.3. The summed E-state index contributed by atoms with van der Waals surface area (Å²) >= 11 is 0. The number of likely N-dealkylation sites (tertiary alicyclic amines) is 2. The van der Waals surface area contributed by atoms with E-state index in [0.717, 1.165) is 112 Å². The van der Waals surface area contributed by atoms with E-state index >= 15 is 0 Å². The molecule has 4 aliphatic heterocycles. The predicted octanol–water partition coefficient (Wildman–Crippen LogP) is 7.44. The summed E-state index contributed by atoms with van der Waals surface area (Å²) in [6.45, 7) is 10.5. The van der Waals surface area contributed by atoms with Gasteiger partial charge in [-0.3, -0.25) is 0 Å². The smallest absolute Gasteiger partial charge is 0.206 e. The summed E-state index contributed by atoms with van der Waals surface area (Å²) in [5.74, 6) is -2.19. The first-order valence-electron chi connectivity index (χ1n) is 18.4. The molecule has 2 N–H and O–H groups in total. The first kappa shape index (κ1) is 37.4. The normalized spacial score (nSPS) is 22.8. The molecule has 0 spiro atoms. The van der Waals surface area contributed by atoms with Gasteiger partial charge < -0.3 is 20.4 Å². The third kappa shape index (κ3) is 7.45. The monoisotopic (exact) mass is 766 g/mol. The molecule has 4 heterocycles. The highest BCUT2D eigenvalue weighted by molar-refractivity contribution is 7.91. The molecule has 2 fully saturated rings. The molecule has 4 aromatic rings. The Kier molecular flexibility index (Phi) is 10.6. The van der Waals surface area contributed by atoms with E-state index in [4.69, 9.17) is 0 Å². The lowest BCUT2D eigenvalue weighted by atomic mass is 9.91. The molecule has 13 heteroatoms. The summed E-state index contributed by atoms with van der Waals surface area (Å²) in [6.07, 6.45) is 4.05. The van der Waals surface area contributed by atoms with Crippen LogP contribution in [0.4, 0.5) is 24.5 Å². The van der Waals surface area contributed by atoms with Crippen LogP contribution in [0.15, 0.2) is 98.4 Å². The van der Waals surface area contributed by atoms with Crippen LogP contribution in [0.5, 0.6) is 0 Å². The average molecular weight is 767 g/mol. The lowest BCUT2D eigenvalue weighted by Crippen LogP contribution is -2.25. The van der Waals surface area contributed by atoms with Crippen molar-refractivity contribution in [3.05, 3.63) is 107 Å². The van der Waals surface area contributed by atoms with Crippen LogP contribution >= 0.6 is 0 Å². The molecule has 2 saturated heterocycles. The summed E-state index contributed by atoms with van der Waals surface area (Å²) in [4.78, 5) is 4.96. The summed E-state index contributed by atoms with van der Waals surface area (Å²) in [5, 5.41) is 7.09. The van der Waals surface area contributed by atoms with Crippen molar-refractivity contribution in [3.8, 4) is 0 Å². The minimum absolute atomic E-state index is 0.00187. The van der Waals surface area contributed by atoms with Crippen molar-refractivity contribution in [2.45, 2.75) is 83.0 Å². The molecule has 0 unspecified atom stereocenters. The van der Waals surface area contributed by atoms with Gasteiger partial charge in [-0.05, 0) is 136 Å². The van der Waals surface area contributed by atoms with Gasteiger partial charge in [-0.25, -0.2) is 30.0 Å². The Bertz CT molecular complexity index is 2220. The van der Waals surface area contributed by atoms with E-state index in [1.807, 2.05) is 6.07 Å². The van der Waals surface area contributed by atoms with Crippen molar-refractivity contribution in [2.75, 3.05) is 49.9 Å². The molecular formula is C40H45F3N4O4S2. The van der Waals surface area contributed by atoms with Gasteiger partial charge in [0.2, 0.25) is 19.7 Å². The molecule has 0 bridgehead atoms. The maximum atomic E-state index is 13.5. The highest BCUT2D eigenvalue weighted by Crippen LogP contribution is 2.44. The van der Waals surface area contributed by atoms with E-state index in [2.05, 4.69) is 34.3 Å². The van der Waals surface area contributed by atoms with Crippen LogP contribution in [0.25, 0.3) is 0 Å². The molecule has 0 saturated carbocycles. The number of rotatable bonds is 6. The van der Waals surface area contributed by atoms with Crippen LogP contribution < -0.4 is 10.6 Å². The first-order valence-corrected chi connectivity index (χ1v) is 21.3. The Morgan fingerprint density at radius 1 is 0.566 bits per heavy atom. The van der Waals surface area contributed by atoms with Crippen molar-refractivity contribution in [1.82, 2.24) is 9.80 Å². The minimum Gasteiger partial charge on any atom is -0.381 e. The Balaban J connectivity index is 0.000000164. The molecule has 53 heavy (non-hydrogen) atoms. The molecule has 4 atom stereocenters. The molecule has 4 aliphatic rings. The fraction of sp³-hybridized carbons (Fsp3) is 0.400. The number of nitrogens with zero attached hydrogens (tertiary/aromatic N) is 2. The van der Waals surface area contributed by atoms with Crippen LogP contribution in [0.3, 0.4) is 0 Å². The van der Waals surface area contributed by atoms with Gasteiger partial charge in [-0.15, -0.1) is 0 Å². The average Bonchev–Trinajstić information content (AvgIpc) is 3.51. The van der Waals surface area contributed by atoms with Gasteiger partial charge in [0.05, 0.1) is 19.6 Å². The molecule has 0 aromatic heterocycles. The van der Waals surface area contributed by atoms with E-state index < -0.39 is 37.1 Å². The fourth-order valence-electron chi connectivity index (χ4n) is 8.28. The zero-order chi connectivity index (χ0) is 37.5. The summed E-state index contributed by atoms with van der Waals surface area (Å²) in [6, 6.07) is 18.8. The minimum atomic E-state index is -3.91. The number of halogens is 3. The van der Waals surface area contributed by atoms with Crippen molar-refractivity contribution < 1.29 is 30.0 Å². The highest BCUT2D eigenvalue weighted by Gasteiger charge is 2.37. The maximum Gasteiger partial charge on any atom is 0.206 e. The van der Waals surface area contributed by atoms with Gasteiger partial charge >= 0.3 is 0 Å². The van der Waals surface area contributed by atoms with Crippen LogP contribution in [-0.2, 0) is 19.7 Å². The number of nitrogens with one attached hydrogen (secondary N) is 2. The van der Waals surface area contributed by atoms with E-state index in [9.17, 15) is 30.0 Å². The van der Waals surface area contributed by atoms with E-state index in [-0.39, 0.29) is 25.5 Å². The maximum absolute atomic E-state index is 13.5. The standard InChI is InChI=1S/C20H22F2N2O2S.C20H23FN2O2S/c1-2-24-9-7-15-16-11-13(4-6-19(16)23-20(15)8-10-24)27(25,26)14-3-5-17(21)18(22)12-14;1-2-23-10-8-17-18-13-16(6-7-19(18)22-20(17)9-11-23)26(24,25)15-5-3-4-14(21)12-15/h3-6,11-12,15,20,23H,2,7-10H2,1H3;3-7,12-13,17,20,22H,2,8-11H2,1H3/t15-,20+;17-,20+/m11/s1. The number of hydrogen-bond acceptors (Lipinski definition) is 8. The quantitative estimate of drug-likeness (QED) is 0.196. The van der Waals surface area contributed by atoms with E-state index in [1.54, 1.807) is 24.3 Å². The largest absolute Gasteiger partial charge is 0.381 e. The first-order chi connectivity index (χ1) is 25.4. The Morgan fingerprint density at radius 2 is 1.02 bits per heavy atom. The third-order valence-electron chi connectivity index (χ3n) is 11.3. The van der Waals surface area contributed by atoms with E-state index in [0.29, 0.717) is 18.0 Å². The molecule has 0 amide bonds. The number of anilines is 2. The van der Waals surface area contributed by atoms with Gasteiger partial charge in [-0.2, -0.15) is 0 Å². The van der Waals surface area contributed by atoms with Gasteiger partial charge in [-0.1, -0.05) is 19.9 Å². The molecule has 0 radical (unpaired) electrons. The second-order valence-corrected chi connectivity index (χ2v) is 18.2. The summed E-state index contributed by atoms with van der Waals surface area (Å²) in [5.41, 5.74) is 4.08. The highest BCUT2D eigenvalue weighted by atomic mass is 32.2. The Hall–Kier alpha value is -3.91. The molecular weight excluding hydrogens is 722 g/mol. The zero-order valence-corrected chi connectivity index (χ0v) is 31.5. The zero-order valence-electron chi connectivity index (χ0n) is 29.9. The Morgan fingerprint density at radius 3 is 1.49 bits per heavy atom. The van der Waals surface area contributed by atoms with Crippen LogP contribution in [-0.4, -0.2) is 78.0 Å². The number of hydrogen-bond donors (Lipinski definition) is 2. The molecule has 4 aromatic carbocycles. The molecule has 0 aliphatic carbocycles. The van der Waals surface area contributed by atoms with Crippen molar-refractivity contribution >= 4 is 31.0 Å². The van der Waals surface area contributed by atoms with Crippen LogP contribution in [0, 0.1) is 17.5 Å². The van der Waals surface area contributed by atoms with E-state index in [1.165, 1.54) is 24.3 Å². The molecule has 8 nitrogen and oxygen atoms in total. The van der Waals surface area contributed by atoms with Crippen molar-refractivity contribution in [3.63, 3.8) is 0 Å². The topological polar surface area (TPSA) is 98.8 Å². The third-order valence-corrected chi connectivity index (χ3v) is 14.8. The number of fused-ring (bicyclic) bond motifs is 6. The lowest BCUT2D eigenvalue weighted by molar-refractivity contribution is 0.298. The number of sulfone groups is 2. The van der Waals surface area contributed by atoms with Gasteiger partial charge in [0, 0.05) is 48.4 Å². The van der Waals surface area contributed by atoms with Gasteiger partial charge in [0.15, 0.2) is 11.6 Å². The fourth-order valence-corrected chi connectivity index (χ4v) is 10.9. The summed E-state index contributed by atoms with van der Waals surface area (Å²) < 4.78 is 91.8. The van der Waals surface area contributed by atoms with Gasteiger partial charge in [0.25, 0.3) is 0 Å². The molecule has 8 rings (SSSR count). The van der Waals surface area contributed by atoms with Gasteiger partial charge in [0.1, 0.15) is 5.82 Å².